The number of para-hydroxylation sites is 1. The van der Waals surface area contributed by atoms with E-state index in [4.69, 9.17) is 0 Å². The van der Waals surface area contributed by atoms with Crippen LogP contribution in [0.5, 0.6) is 0 Å². The molecule has 1 amide bonds. The Morgan fingerprint density at radius 3 is 2.24 bits per heavy atom. The van der Waals surface area contributed by atoms with Crippen LogP contribution in [0.2, 0.25) is 0 Å². The minimum Gasteiger partial charge on any atom is -0.322 e. The fourth-order valence-corrected chi connectivity index (χ4v) is 4.31. The Balaban J connectivity index is 1.92. The van der Waals surface area contributed by atoms with Crippen LogP contribution in [-0.2, 0) is 14.8 Å². The standard InChI is InChI=1S/C20H15BrF2N2O3S/c21-14-6-11-19(18(23)12-14)24-20(26)13-25(16-4-2-1-3-5-16)29(27,28)17-9-7-15(22)8-10-17/h1-12H,13H2,(H,24,26). The van der Waals surface area contributed by atoms with Gasteiger partial charge in [-0.1, -0.05) is 34.1 Å². The number of nitrogens with zero attached hydrogens (tertiary/aromatic N) is 1. The predicted octanol–water partition coefficient (Wildman–Crippen LogP) is 4.56. The second-order valence-corrected chi connectivity index (χ2v) is 8.75. The predicted molar refractivity (Wildman–Crippen MR) is 110 cm³/mol. The molecular formula is C20H15BrF2N2O3S. The molecule has 0 fully saturated rings. The number of nitrogens with one attached hydrogen (secondary N) is 1. The Bertz CT molecular complexity index is 1120. The van der Waals surface area contributed by atoms with Crippen molar-refractivity contribution in [2.45, 2.75) is 4.90 Å². The summed E-state index contributed by atoms with van der Waals surface area (Å²) >= 11 is 3.12. The summed E-state index contributed by atoms with van der Waals surface area (Å²) in [6, 6.07) is 16.3. The number of carbonyl (C=O) groups is 1. The molecule has 0 aliphatic heterocycles. The number of carbonyl (C=O) groups excluding carboxylic acids is 1. The van der Waals surface area contributed by atoms with Crippen molar-refractivity contribution in [2.75, 3.05) is 16.2 Å². The molecule has 3 rings (SSSR count). The largest absolute Gasteiger partial charge is 0.322 e. The third-order valence-corrected chi connectivity index (χ3v) is 6.22. The lowest BCUT2D eigenvalue weighted by Gasteiger charge is -2.24. The molecule has 1 N–H and O–H groups in total. The Morgan fingerprint density at radius 2 is 1.62 bits per heavy atom. The first-order valence-electron chi connectivity index (χ1n) is 8.35. The minimum atomic E-state index is -4.17. The fraction of sp³-hybridized carbons (Fsp3) is 0.0500. The van der Waals surface area contributed by atoms with E-state index >= 15 is 0 Å². The molecule has 3 aromatic rings. The monoisotopic (exact) mass is 480 g/mol. The Morgan fingerprint density at radius 1 is 0.966 bits per heavy atom. The lowest BCUT2D eigenvalue weighted by atomic mass is 10.3. The van der Waals surface area contributed by atoms with E-state index in [0.29, 0.717) is 4.47 Å². The van der Waals surface area contributed by atoms with Crippen LogP contribution in [0.3, 0.4) is 0 Å². The average Bonchev–Trinajstić information content (AvgIpc) is 2.69. The first-order valence-corrected chi connectivity index (χ1v) is 10.6. The van der Waals surface area contributed by atoms with Gasteiger partial charge in [0.15, 0.2) is 0 Å². The van der Waals surface area contributed by atoms with Crippen LogP contribution < -0.4 is 9.62 Å². The van der Waals surface area contributed by atoms with Gasteiger partial charge in [0.1, 0.15) is 18.2 Å². The van der Waals surface area contributed by atoms with E-state index in [0.717, 1.165) is 28.6 Å². The lowest BCUT2D eigenvalue weighted by molar-refractivity contribution is -0.114. The molecule has 150 valence electrons. The number of rotatable bonds is 6. The zero-order valence-corrected chi connectivity index (χ0v) is 17.3. The molecule has 0 atom stereocenters. The molecule has 0 spiro atoms. The fourth-order valence-electron chi connectivity index (χ4n) is 2.55. The number of anilines is 2. The van der Waals surface area contributed by atoms with E-state index in [1.54, 1.807) is 24.3 Å². The van der Waals surface area contributed by atoms with Gasteiger partial charge in [0.2, 0.25) is 5.91 Å². The van der Waals surface area contributed by atoms with Gasteiger partial charge >= 0.3 is 0 Å². The van der Waals surface area contributed by atoms with Gasteiger partial charge in [-0.25, -0.2) is 17.2 Å². The molecule has 0 aromatic heterocycles. The molecule has 0 saturated carbocycles. The SMILES string of the molecule is O=C(CN(c1ccccc1)S(=O)(=O)c1ccc(F)cc1)Nc1ccc(Br)cc1F. The van der Waals surface area contributed by atoms with E-state index in [-0.39, 0.29) is 16.3 Å². The second kappa shape index (κ2) is 8.71. The summed E-state index contributed by atoms with van der Waals surface area (Å²) in [5.74, 6) is -1.99. The second-order valence-electron chi connectivity index (χ2n) is 5.97. The molecule has 0 unspecified atom stereocenters. The quantitative estimate of drug-likeness (QED) is 0.562. The lowest BCUT2D eigenvalue weighted by Crippen LogP contribution is -2.38. The van der Waals surface area contributed by atoms with Crippen molar-refractivity contribution in [2.24, 2.45) is 0 Å². The van der Waals surface area contributed by atoms with Crippen molar-refractivity contribution in [1.29, 1.82) is 0 Å². The maximum atomic E-state index is 14.0. The molecule has 0 aliphatic rings. The van der Waals surface area contributed by atoms with Crippen molar-refractivity contribution < 1.29 is 22.0 Å². The van der Waals surface area contributed by atoms with Crippen molar-refractivity contribution in [3.8, 4) is 0 Å². The first kappa shape index (κ1) is 20.9. The summed E-state index contributed by atoms with van der Waals surface area (Å²) in [6.07, 6.45) is 0. The highest BCUT2D eigenvalue weighted by molar-refractivity contribution is 9.10. The van der Waals surface area contributed by atoms with E-state index in [1.807, 2.05) is 0 Å². The van der Waals surface area contributed by atoms with E-state index in [1.165, 1.54) is 24.3 Å². The third kappa shape index (κ3) is 4.99. The number of hydrogen-bond acceptors (Lipinski definition) is 3. The zero-order valence-electron chi connectivity index (χ0n) is 14.8. The van der Waals surface area contributed by atoms with Gasteiger partial charge in [-0.15, -0.1) is 0 Å². The Kier molecular flexibility index (Phi) is 6.29. The van der Waals surface area contributed by atoms with Crippen LogP contribution in [0.25, 0.3) is 0 Å². The van der Waals surface area contributed by atoms with Gasteiger partial charge in [-0.2, -0.15) is 0 Å². The van der Waals surface area contributed by atoms with Crippen molar-refractivity contribution in [1.82, 2.24) is 0 Å². The Hall–Kier alpha value is -2.78. The van der Waals surface area contributed by atoms with E-state index in [2.05, 4.69) is 21.2 Å². The maximum absolute atomic E-state index is 14.0. The molecule has 0 saturated heterocycles. The highest BCUT2D eigenvalue weighted by Gasteiger charge is 2.27. The maximum Gasteiger partial charge on any atom is 0.264 e. The summed E-state index contributed by atoms with van der Waals surface area (Å²) in [7, 11) is -4.17. The summed E-state index contributed by atoms with van der Waals surface area (Å²) in [6.45, 7) is -0.598. The van der Waals surface area contributed by atoms with Crippen LogP contribution in [0.4, 0.5) is 20.2 Å². The molecule has 9 heteroatoms. The Labute approximate surface area is 175 Å². The van der Waals surface area contributed by atoms with Gasteiger partial charge in [-0.3, -0.25) is 9.10 Å². The molecule has 0 heterocycles. The molecule has 0 aliphatic carbocycles. The van der Waals surface area contributed by atoms with Gasteiger partial charge in [0.05, 0.1) is 16.3 Å². The number of benzene rings is 3. The van der Waals surface area contributed by atoms with Gasteiger partial charge < -0.3 is 5.32 Å². The molecule has 0 bridgehead atoms. The first-order chi connectivity index (χ1) is 13.8. The smallest absolute Gasteiger partial charge is 0.264 e. The molecule has 3 aromatic carbocycles. The van der Waals surface area contributed by atoms with Crippen LogP contribution in [0.1, 0.15) is 0 Å². The normalized spacial score (nSPS) is 11.1. The molecule has 29 heavy (non-hydrogen) atoms. The summed E-state index contributed by atoms with van der Waals surface area (Å²) in [5.41, 5.74) is 0.161. The summed E-state index contributed by atoms with van der Waals surface area (Å²) in [4.78, 5) is 12.3. The molecule has 5 nitrogen and oxygen atoms in total. The highest BCUT2D eigenvalue weighted by atomic mass is 79.9. The van der Waals surface area contributed by atoms with Gasteiger partial charge in [0.25, 0.3) is 10.0 Å². The highest BCUT2D eigenvalue weighted by Crippen LogP contribution is 2.24. The minimum absolute atomic E-state index is 0.0783. The molecule has 0 radical (unpaired) electrons. The van der Waals surface area contributed by atoms with E-state index in [9.17, 15) is 22.0 Å². The molecular weight excluding hydrogens is 466 g/mol. The average molecular weight is 481 g/mol. The summed E-state index contributed by atoms with van der Waals surface area (Å²) < 4.78 is 54.8. The van der Waals surface area contributed by atoms with Crippen LogP contribution in [0, 0.1) is 11.6 Å². The van der Waals surface area contributed by atoms with Crippen molar-refractivity contribution in [3.63, 3.8) is 0 Å². The number of amides is 1. The summed E-state index contributed by atoms with van der Waals surface area (Å²) in [5, 5.41) is 2.37. The van der Waals surface area contributed by atoms with Crippen molar-refractivity contribution in [3.05, 3.63) is 88.9 Å². The van der Waals surface area contributed by atoms with Crippen LogP contribution in [0.15, 0.2) is 82.2 Å². The zero-order chi connectivity index (χ0) is 21.0. The number of hydrogen-bond donors (Lipinski definition) is 1. The van der Waals surface area contributed by atoms with E-state index < -0.39 is 34.1 Å². The van der Waals surface area contributed by atoms with Gasteiger partial charge in [0, 0.05) is 4.47 Å². The topological polar surface area (TPSA) is 66.5 Å². The van der Waals surface area contributed by atoms with Crippen LogP contribution >= 0.6 is 15.9 Å². The van der Waals surface area contributed by atoms with Crippen molar-refractivity contribution >= 4 is 43.2 Å². The van der Waals surface area contributed by atoms with Gasteiger partial charge in [-0.05, 0) is 54.6 Å². The number of halogens is 3. The van der Waals surface area contributed by atoms with Crippen LogP contribution in [-0.4, -0.2) is 20.9 Å². The third-order valence-electron chi connectivity index (χ3n) is 3.94. The number of sulfonamides is 1.